The van der Waals surface area contributed by atoms with Gasteiger partial charge in [-0.3, -0.25) is 0 Å². The van der Waals surface area contributed by atoms with Gasteiger partial charge in [0.2, 0.25) is 0 Å². The van der Waals surface area contributed by atoms with Gasteiger partial charge < -0.3 is 9.94 Å². The summed E-state index contributed by atoms with van der Waals surface area (Å²) < 4.78 is 0. The summed E-state index contributed by atoms with van der Waals surface area (Å²) in [6.45, 7) is 0.304. The normalized spacial score (nSPS) is 18.7. The first-order chi connectivity index (χ1) is 6.88. The van der Waals surface area contributed by atoms with Crippen LogP contribution in [0.1, 0.15) is 38.5 Å². The average molecular weight is 197 g/mol. The minimum atomic E-state index is 0.304. The Bertz CT molecular complexity index is 221. The monoisotopic (exact) mass is 197 g/mol. The first-order valence-electron chi connectivity index (χ1n) is 5.28. The number of nitrogens with zero attached hydrogens (tertiary/aromatic N) is 1. The van der Waals surface area contributed by atoms with Gasteiger partial charge in [-0.15, -0.1) is 0 Å². The summed E-state index contributed by atoms with van der Waals surface area (Å²) >= 11 is 0. The number of aliphatic hydroxyl groups is 1. The van der Waals surface area contributed by atoms with Crippen molar-refractivity contribution in [3.63, 3.8) is 0 Å². The van der Waals surface area contributed by atoms with Crippen LogP contribution in [0.4, 0.5) is 0 Å². The molecule has 1 aliphatic carbocycles. The highest BCUT2D eigenvalue weighted by Crippen LogP contribution is 2.21. The van der Waals surface area contributed by atoms with Gasteiger partial charge in [-0.05, 0) is 37.7 Å². The number of rotatable bonds is 6. The second-order valence-corrected chi connectivity index (χ2v) is 3.52. The van der Waals surface area contributed by atoms with Crippen LogP contribution in [0.5, 0.6) is 0 Å². The lowest BCUT2D eigenvalue weighted by Crippen LogP contribution is -1.98. The SMILES string of the molecule is CO/N=C1/CCC=C1CCCCCO. The molecular formula is C11H19NO2. The third-order valence-corrected chi connectivity index (χ3v) is 2.45. The van der Waals surface area contributed by atoms with Crippen molar-refractivity contribution in [1.29, 1.82) is 0 Å². The fourth-order valence-corrected chi connectivity index (χ4v) is 1.73. The second kappa shape index (κ2) is 6.60. The summed E-state index contributed by atoms with van der Waals surface area (Å²) in [6.07, 6.45) is 8.56. The molecule has 0 aliphatic heterocycles. The van der Waals surface area contributed by atoms with Crippen molar-refractivity contribution in [2.24, 2.45) is 5.16 Å². The fraction of sp³-hybridized carbons (Fsp3) is 0.727. The molecule has 0 aromatic rings. The Morgan fingerprint density at radius 1 is 1.43 bits per heavy atom. The molecule has 0 fully saturated rings. The Morgan fingerprint density at radius 3 is 3.00 bits per heavy atom. The molecule has 3 nitrogen and oxygen atoms in total. The molecule has 0 atom stereocenters. The van der Waals surface area contributed by atoms with E-state index in [1.54, 1.807) is 7.11 Å². The van der Waals surface area contributed by atoms with Gasteiger partial charge in [0.25, 0.3) is 0 Å². The number of hydrogen-bond donors (Lipinski definition) is 1. The molecule has 0 radical (unpaired) electrons. The van der Waals surface area contributed by atoms with Crippen LogP contribution in [0, 0.1) is 0 Å². The van der Waals surface area contributed by atoms with E-state index >= 15 is 0 Å². The van der Waals surface area contributed by atoms with Crippen LogP contribution in [-0.2, 0) is 4.84 Å². The van der Waals surface area contributed by atoms with E-state index in [1.165, 1.54) is 5.57 Å². The van der Waals surface area contributed by atoms with E-state index in [4.69, 9.17) is 9.94 Å². The van der Waals surface area contributed by atoms with Crippen molar-refractivity contribution in [2.75, 3.05) is 13.7 Å². The van der Waals surface area contributed by atoms with Crippen molar-refractivity contribution in [1.82, 2.24) is 0 Å². The number of oxime groups is 1. The van der Waals surface area contributed by atoms with Gasteiger partial charge in [0.15, 0.2) is 0 Å². The van der Waals surface area contributed by atoms with Crippen molar-refractivity contribution in [2.45, 2.75) is 38.5 Å². The molecule has 0 amide bonds. The summed E-state index contributed by atoms with van der Waals surface area (Å²) in [5.74, 6) is 0. The molecule has 3 heteroatoms. The van der Waals surface area contributed by atoms with E-state index in [0.717, 1.165) is 44.2 Å². The Morgan fingerprint density at radius 2 is 2.29 bits per heavy atom. The summed E-state index contributed by atoms with van der Waals surface area (Å²) in [5.41, 5.74) is 2.45. The summed E-state index contributed by atoms with van der Waals surface area (Å²) in [7, 11) is 1.59. The molecule has 0 saturated carbocycles. The molecule has 1 rings (SSSR count). The zero-order valence-corrected chi connectivity index (χ0v) is 8.83. The van der Waals surface area contributed by atoms with Gasteiger partial charge in [-0.1, -0.05) is 17.7 Å². The molecule has 0 heterocycles. The molecule has 1 aliphatic rings. The molecule has 80 valence electrons. The fourth-order valence-electron chi connectivity index (χ4n) is 1.73. The topological polar surface area (TPSA) is 41.8 Å². The maximum Gasteiger partial charge on any atom is 0.106 e. The van der Waals surface area contributed by atoms with Crippen molar-refractivity contribution >= 4 is 5.71 Å². The Hall–Kier alpha value is -0.830. The maximum absolute atomic E-state index is 8.64. The smallest absolute Gasteiger partial charge is 0.106 e. The zero-order valence-electron chi connectivity index (χ0n) is 8.83. The lowest BCUT2D eigenvalue weighted by molar-refractivity contribution is 0.213. The lowest BCUT2D eigenvalue weighted by Gasteiger charge is -2.03. The van der Waals surface area contributed by atoms with Gasteiger partial charge >= 0.3 is 0 Å². The van der Waals surface area contributed by atoms with Crippen LogP contribution in [0.25, 0.3) is 0 Å². The highest BCUT2D eigenvalue weighted by atomic mass is 16.6. The Kier molecular flexibility index (Phi) is 5.30. The molecule has 0 aromatic heterocycles. The maximum atomic E-state index is 8.64. The highest BCUT2D eigenvalue weighted by molar-refractivity contribution is 6.01. The van der Waals surface area contributed by atoms with E-state index in [2.05, 4.69) is 11.2 Å². The van der Waals surface area contributed by atoms with E-state index in [1.807, 2.05) is 0 Å². The van der Waals surface area contributed by atoms with Crippen LogP contribution in [0.2, 0.25) is 0 Å². The minimum Gasteiger partial charge on any atom is -0.399 e. The first kappa shape index (κ1) is 11.2. The predicted octanol–water partition coefficient (Wildman–Crippen LogP) is 2.26. The molecular weight excluding hydrogens is 178 g/mol. The van der Waals surface area contributed by atoms with Gasteiger partial charge in [0.1, 0.15) is 7.11 Å². The molecule has 0 aromatic carbocycles. The van der Waals surface area contributed by atoms with Gasteiger partial charge in [-0.2, -0.15) is 0 Å². The molecule has 0 spiro atoms. The largest absolute Gasteiger partial charge is 0.399 e. The third kappa shape index (κ3) is 3.50. The van der Waals surface area contributed by atoms with E-state index in [0.29, 0.717) is 6.61 Å². The predicted molar refractivity (Wildman–Crippen MR) is 57.3 cm³/mol. The van der Waals surface area contributed by atoms with Crippen molar-refractivity contribution < 1.29 is 9.94 Å². The third-order valence-electron chi connectivity index (χ3n) is 2.45. The molecule has 1 N–H and O–H groups in total. The quantitative estimate of drug-likeness (QED) is 0.524. The standard InChI is InChI=1S/C11H19NO2/c1-14-12-11-8-5-7-10(11)6-3-2-4-9-13/h7,13H,2-6,8-9H2,1H3/b12-11-. The number of hydrogen-bond acceptors (Lipinski definition) is 3. The van der Waals surface area contributed by atoms with Crippen LogP contribution in [0.15, 0.2) is 16.8 Å². The number of unbranched alkanes of at least 4 members (excludes halogenated alkanes) is 2. The summed E-state index contributed by atoms with van der Waals surface area (Å²) in [6, 6.07) is 0. The summed E-state index contributed by atoms with van der Waals surface area (Å²) in [4.78, 5) is 4.79. The van der Waals surface area contributed by atoms with Crippen LogP contribution in [-0.4, -0.2) is 24.5 Å². The van der Waals surface area contributed by atoms with Crippen LogP contribution >= 0.6 is 0 Å². The van der Waals surface area contributed by atoms with Crippen LogP contribution < -0.4 is 0 Å². The Balaban J connectivity index is 2.26. The van der Waals surface area contributed by atoms with Crippen molar-refractivity contribution in [3.05, 3.63) is 11.6 Å². The van der Waals surface area contributed by atoms with E-state index in [9.17, 15) is 0 Å². The first-order valence-corrected chi connectivity index (χ1v) is 5.28. The zero-order chi connectivity index (χ0) is 10.2. The van der Waals surface area contributed by atoms with E-state index in [-0.39, 0.29) is 0 Å². The molecule has 0 unspecified atom stereocenters. The lowest BCUT2D eigenvalue weighted by atomic mass is 10.1. The number of allylic oxidation sites excluding steroid dienone is 2. The average Bonchev–Trinajstić information content (AvgIpc) is 2.61. The van der Waals surface area contributed by atoms with Crippen molar-refractivity contribution in [3.8, 4) is 0 Å². The van der Waals surface area contributed by atoms with Crippen LogP contribution in [0.3, 0.4) is 0 Å². The van der Waals surface area contributed by atoms with Gasteiger partial charge in [0, 0.05) is 6.61 Å². The summed E-state index contributed by atoms with van der Waals surface area (Å²) in [5, 5.41) is 12.6. The van der Waals surface area contributed by atoms with E-state index < -0.39 is 0 Å². The minimum absolute atomic E-state index is 0.304. The second-order valence-electron chi connectivity index (χ2n) is 3.52. The van der Waals surface area contributed by atoms with Gasteiger partial charge in [-0.25, -0.2) is 0 Å². The molecule has 0 bridgehead atoms. The molecule has 0 saturated heterocycles. The number of aliphatic hydroxyl groups excluding tert-OH is 1. The molecule has 14 heavy (non-hydrogen) atoms. The Labute approximate surface area is 85.5 Å². The highest BCUT2D eigenvalue weighted by Gasteiger charge is 2.12. The van der Waals surface area contributed by atoms with Gasteiger partial charge in [0.05, 0.1) is 5.71 Å².